The second kappa shape index (κ2) is 8.15. The van der Waals surface area contributed by atoms with Crippen molar-refractivity contribution in [3.05, 3.63) is 63.2 Å². The fourth-order valence-electron chi connectivity index (χ4n) is 3.58. The fraction of sp³-hybridized carbons (Fsp3) is 0.478. The predicted octanol–water partition coefficient (Wildman–Crippen LogP) is 5.78. The molecule has 0 heterocycles. The maximum atomic E-state index is 13.2. The molecule has 2 aromatic rings. The highest BCUT2D eigenvalue weighted by Crippen LogP contribution is 2.30. The first kappa shape index (κ1) is 21.6. The molecule has 0 aliphatic carbocycles. The maximum absolute atomic E-state index is 13.2. The van der Waals surface area contributed by atoms with Gasteiger partial charge >= 0.3 is 0 Å². The third kappa shape index (κ3) is 4.27. The van der Waals surface area contributed by atoms with Gasteiger partial charge in [-0.2, -0.15) is 0 Å². The summed E-state index contributed by atoms with van der Waals surface area (Å²) in [5.74, 6) is 0.509. The van der Waals surface area contributed by atoms with Crippen LogP contribution in [-0.2, 0) is 10.0 Å². The van der Waals surface area contributed by atoms with Crippen molar-refractivity contribution in [2.75, 3.05) is 0 Å². The first-order valence-corrected chi connectivity index (χ1v) is 11.2. The minimum absolute atomic E-state index is 0.290. The van der Waals surface area contributed by atoms with Crippen molar-refractivity contribution in [2.24, 2.45) is 0 Å². The van der Waals surface area contributed by atoms with Gasteiger partial charge in [-0.3, -0.25) is 0 Å². The third-order valence-electron chi connectivity index (χ3n) is 6.15. The van der Waals surface area contributed by atoms with Gasteiger partial charge in [0.2, 0.25) is 10.0 Å². The smallest absolute Gasteiger partial charge is 0.207 e. The van der Waals surface area contributed by atoms with Gasteiger partial charge in [-0.15, -0.1) is 0 Å². The summed E-state index contributed by atoms with van der Waals surface area (Å²) in [6, 6.07) is 7.97. The van der Waals surface area contributed by atoms with E-state index in [9.17, 15) is 8.42 Å². The lowest BCUT2D eigenvalue weighted by atomic mass is 9.95. The second-order valence-electron chi connectivity index (χ2n) is 7.77. The molecule has 0 spiro atoms. The normalized spacial score (nSPS) is 14.2. The van der Waals surface area contributed by atoms with Gasteiger partial charge in [-0.25, -0.2) is 13.1 Å². The van der Waals surface area contributed by atoms with E-state index in [1.54, 1.807) is 0 Å². The molecule has 0 aliphatic heterocycles. The Morgan fingerprint density at radius 1 is 0.778 bits per heavy atom. The van der Waals surface area contributed by atoms with E-state index >= 15 is 0 Å². The number of rotatable bonds is 6. The Kier molecular flexibility index (Phi) is 6.54. The molecule has 0 amide bonds. The van der Waals surface area contributed by atoms with Crippen LogP contribution in [0.4, 0.5) is 0 Å². The van der Waals surface area contributed by atoms with Crippen LogP contribution in [0.15, 0.2) is 29.2 Å². The van der Waals surface area contributed by atoms with Crippen LogP contribution < -0.4 is 4.72 Å². The fourth-order valence-corrected chi connectivity index (χ4v) is 5.41. The zero-order valence-corrected chi connectivity index (χ0v) is 18.7. The molecular formula is C23H33NO2S. The summed E-state index contributed by atoms with van der Waals surface area (Å²) in [4.78, 5) is 0.422. The maximum Gasteiger partial charge on any atom is 0.241 e. The summed E-state index contributed by atoms with van der Waals surface area (Å²) in [5, 5.41) is 0. The van der Waals surface area contributed by atoms with Gasteiger partial charge in [0.05, 0.1) is 4.90 Å². The monoisotopic (exact) mass is 387 g/mol. The molecule has 0 fully saturated rings. The molecule has 3 nitrogen and oxygen atoms in total. The summed E-state index contributed by atoms with van der Waals surface area (Å²) in [6.07, 6.45) is 1.09. The Labute approximate surface area is 165 Å². The summed E-state index contributed by atoms with van der Waals surface area (Å²) in [6.45, 7) is 16.1. The van der Waals surface area contributed by atoms with Crippen LogP contribution in [0, 0.1) is 34.6 Å². The lowest BCUT2D eigenvalue weighted by Crippen LogP contribution is -2.28. The lowest BCUT2D eigenvalue weighted by Gasteiger charge is -2.21. The Bertz CT molecular complexity index is 899. The van der Waals surface area contributed by atoms with E-state index in [0.29, 0.717) is 10.8 Å². The number of hydrogen-bond donors (Lipinski definition) is 1. The molecule has 4 heteroatoms. The molecular weight excluding hydrogens is 354 g/mol. The van der Waals surface area contributed by atoms with Crippen molar-refractivity contribution in [1.82, 2.24) is 4.72 Å². The van der Waals surface area contributed by atoms with E-state index in [0.717, 1.165) is 39.8 Å². The van der Waals surface area contributed by atoms with Crippen LogP contribution in [0.25, 0.3) is 0 Å². The molecule has 2 aromatic carbocycles. The molecule has 2 rings (SSSR count). The molecule has 0 bridgehead atoms. The van der Waals surface area contributed by atoms with Crippen molar-refractivity contribution in [2.45, 2.75) is 78.7 Å². The molecule has 0 saturated carbocycles. The summed E-state index contributed by atoms with van der Waals surface area (Å²) < 4.78 is 29.2. The largest absolute Gasteiger partial charge is 0.241 e. The van der Waals surface area contributed by atoms with E-state index < -0.39 is 10.0 Å². The molecule has 27 heavy (non-hydrogen) atoms. The van der Waals surface area contributed by atoms with Crippen molar-refractivity contribution in [1.29, 1.82) is 0 Å². The number of sulfonamides is 1. The Morgan fingerprint density at radius 3 is 1.63 bits per heavy atom. The summed E-state index contributed by atoms with van der Waals surface area (Å²) in [7, 11) is -3.61. The van der Waals surface area contributed by atoms with Crippen LogP contribution in [0.1, 0.15) is 78.1 Å². The Morgan fingerprint density at radius 2 is 1.19 bits per heavy atom. The molecule has 0 saturated heterocycles. The van der Waals surface area contributed by atoms with Crippen molar-refractivity contribution in [3.8, 4) is 0 Å². The van der Waals surface area contributed by atoms with Gasteiger partial charge in [0.15, 0.2) is 0 Å². The van der Waals surface area contributed by atoms with Crippen molar-refractivity contribution >= 4 is 10.0 Å². The van der Waals surface area contributed by atoms with E-state index in [1.807, 2.05) is 46.8 Å². The van der Waals surface area contributed by atoms with Crippen LogP contribution in [0.5, 0.6) is 0 Å². The summed E-state index contributed by atoms with van der Waals surface area (Å²) in [5.41, 5.74) is 7.19. The SMILES string of the molecule is CCC(C)c1ccc(C(C)NS(=O)(=O)c2c(C)c(C)c(C)c(C)c2C)cc1. The Hall–Kier alpha value is -1.65. The highest BCUT2D eigenvalue weighted by molar-refractivity contribution is 7.89. The first-order chi connectivity index (χ1) is 12.5. The van der Waals surface area contributed by atoms with Crippen LogP contribution >= 0.6 is 0 Å². The minimum atomic E-state index is -3.61. The average Bonchev–Trinajstić information content (AvgIpc) is 2.63. The molecule has 1 N–H and O–H groups in total. The third-order valence-corrected chi connectivity index (χ3v) is 7.96. The van der Waals surface area contributed by atoms with E-state index in [2.05, 4.69) is 37.6 Å². The molecule has 0 aromatic heterocycles. The van der Waals surface area contributed by atoms with Gasteiger partial charge in [0, 0.05) is 6.04 Å². The molecule has 148 valence electrons. The first-order valence-electron chi connectivity index (χ1n) is 9.70. The zero-order chi connectivity index (χ0) is 20.5. The lowest BCUT2D eigenvalue weighted by molar-refractivity contribution is 0.565. The van der Waals surface area contributed by atoms with E-state index in [4.69, 9.17) is 0 Å². The number of benzene rings is 2. The summed E-state index contributed by atoms with van der Waals surface area (Å²) >= 11 is 0. The van der Waals surface area contributed by atoms with Gasteiger partial charge in [-0.1, -0.05) is 38.1 Å². The second-order valence-corrected chi connectivity index (χ2v) is 9.42. The minimum Gasteiger partial charge on any atom is -0.207 e. The average molecular weight is 388 g/mol. The number of hydrogen-bond acceptors (Lipinski definition) is 2. The van der Waals surface area contributed by atoms with Gasteiger partial charge < -0.3 is 0 Å². The molecule has 0 radical (unpaired) electrons. The molecule has 0 aliphatic rings. The Balaban J connectivity index is 2.37. The van der Waals surface area contributed by atoms with Crippen molar-refractivity contribution in [3.63, 3.8) is 0 Å². The zero-order valence-electron chi connectivity index (χ0n) is 17.9. The van der Waals surface area contributed by atoms with Crippen LogP contribution in [0.3, 0.4) is 0 Å². The van der Waals surface area contributed by atoms with E-state index in [-0.39, 0.29) is 6.04 Å². The van der Waals surface area contributed by atoms with Gasteiger partial charge in [-0.05, 0) is 92.8 Å². The highest BCUT2D eigenvalue weighted by atomic mass is 32.2. The highest BCUT2D eigenvalue weighted by Gasteiger charge is 2.25. The standard InChI is InChI=1S/C23H33NO2S/c1-9-14(2)21-10-12-22(13-11-21)20(8)24-27(25,26)23-18(6)16(4)15(3)17(5)19(23)7/h10-14,20,24H,9H2,1-8H3. The van der Waals surface area contributed by atoms with Crippen molar-refractivity contribution < 1.29 is 8.42 Å². The van der Waals surface area contributed by atoms with Gasteiger partial charge in [0.1, 0.15) is 0 Å². The quantitative estimate of drug-likeness (QED) is 0.683. The predicted molar refractivity (Wildman–Crippen MR) is 114 cm³/mol. The molecule has 2 atom stereocenters. The molecule has 2 unspecified atom stereocenters. The topological polar surface area (TPSA) is 46.2 Å². The van der Waals surface area contributed by atoms with Crippen LogP contribution in [0.2, 0.25) is 0 Å². The number of nitrogens with one attached hydrogen (secondary N) is 1. The van der Waals surface area contributed by atoms with E-state index in [1.165, 1.54) is 5.56 Å². The van der Waals surface area contributed by atoms with Gasteiger partial charge in [0.25, 0.3) is 0 Å². The van der Waals surface area contributed by atoms with Crippen LogP contribution in [-0.4, -0.2) is 8.42 Å².